The highest BCUT2D eigenvalue weighted by Crippen LogP contribution is 2.21. The lowest BCUT2D eigenvalue weighted by molar-refractivity contribution is 0.937. The van der Waals surface area contributed by atoms with Gasteiger partial charge >= 0.3 is 0 Å². The van der Waals surface area contributed by atoms with Crippen LogP contribution in [0.2, 0.25) is 0 Å². The summed E-state index contributed by atoms with van der Waals surface area (Å²) in [6.07, 6.45) is 0. The highest BCUT2D eigenvalue weighted by molar-refractivity contribution is 7.08. The van der Waals surface area contributed by atoms with Gasteiger partial charge in [-0.05, 0) is 11.4 Å². The summed E-state index contributed by atoms with van der Waals surface area (Å²) in [6, 6.07) is 3.87. The molecular formula is C7H4N4S. The number of nitrogens with zero attached hydrogens (tertiary/aromatic N) is 3. The highest BCUT2D eigenvalue weighted by atomic mass is 32.1. The first kappa shape index (κ1) is 7.00. The van der Waals surface area contributed by atoms with Crippen molar-refractivity contribution >= 4 is 11.3 Å². The van der Waals surface area contributed by atoms with Gasteiger partial charge in [0, 0.05) is 10.9 Å². The van der Waals surface area contributed by atoms with E-state index in [1.54, 1.807) is 11.3 Å². The van der Waals surface area contributed by atoms with Gasteiger partial charge in [0.15, 0.2) is 5.69 Å². The van der Waals surface area contributed by atoms with E-state index in [4.69, 9.17) is 5.26 Å². The van der Waals surface area contributed by atoms with E-state index >= 15 is 0 Å². The number of nitrogens with one attached hydrogen (secondary N) is 1. The molecule has 2 heterocycles. The van der Waals surface area contributed by atoms with Gasteiger partial charge in [-0.3, -0.25) is 0 Å². The summed E-state index contributed by atoms with van der Waals surface area (Å²) in [4.78, 5) is 0. The van der Waals surface area contributed by atoms with Crippen LogP contribution in [0.25, 0.3) is 11.3 Å². The van der Waals surface area contributed by atoms with E-state index in [-0.39, 0.29) is 0 Å². The molecule has 4 nitrogen and oxygen atoms in total. The Kier molecular flexibility index (Phi) is 1.61. The molecule has 0 aliphatic rings. The average Bonchev–Trinajstić information content (AvgIpc) is 2.74. The maximum Gasteiger partial charge on any atom is 0.190 e. The Hall–Kier alpha value is -1.67. The summed E-state index contributed by atoms with van der Waals surface area (Å²) in [5.41, 5.74) is 1.90. The van der Waals surface area contributed by atoms with Crippen molar-refractivity contribution in [2.24, 2.45) is 0 Å². The molecule has 0 saturated carbocycles. The number of hydrogen-bond acceptors (Lipinski definition) is 4. The van der Waals surface area contributed by atoms with E-state index < -0.39 is 0 Å². The van der Waals surface area contributed by atoms with E-state index in [1.807, 2.05) is 22.9 Å². The molecule has 0 unspecified atom stereocenters. The lowest BCUT2D eigenvalue weighted by Gasteiger charge is -1.86. The number of nitriles is 1. The van der Waals surface area contributed by atoms with Crippen LogP contribution in [0.4, 0.5) is 0 Å². The largest absolute Gasteiger partial charge is 0.196 e. The molecular weight excluding hydrogens is 172 g/mol. The normalized spacial score (nSPS) is 9.58. The summed E-state index contributed by atoms with van der Waals surface area (Å²) in [7, 11) is 0. The van der Waals surface area contributed by atoms with Crippen molar-refractivity contribution in [2.75, 3.05) is 0 Å². The molecule has 0 aromatic carbocycles. The van der Waals surface area contributed by atoms with Gasteiger partial charge in [-0.1, -0.05) is 0 Å². The molecule has 5 heteroatoms. The van der Waals surface area contributed by atoms with Crippen LogP contribution in [0.3, 0.4) is 0 Å². The molecule has 0 amide bonds. The van der Waals surface area contributed by atoms with Crippen LogP contribution >= 0.6 is 11.3 Å². The zero-order valence-electron chi connectivity index (χ0n) is 5.98. The third-order valence-corrected chi connectivity index (χ3v) is 2.13. The van der Waals surface area contributed by atoms with Crippen molar-refractivity contribution in [3.63, 3.8) is 0 Å². The van der Waals surface area contributed by atoms with Gasteiger partial charge < -0.3 is 0 Å². The number of thiophene rings is 1. The summed E-state index contributed by atoms with van der Waals surface area (Å²) in [6.45, 7) is 0. The monoisotopic (exact) mass is 176 g/mol. The molecule has 2 aromatic rings. The third kappa shape index (κ3) is 0.984. The van der Waals surface area contributed by atoms with Gasteiger partial charge in [0.2, 0.25) is 0 Å². The summed E-state index contributed by atoms with van der Waals surface area (Å²) in [5, 5.41) is 22.5. The fraction of sp³-hybridized carbons (Fsp3) is 0. The number of rotatable bonds is 1. The first-order valence-corrected chi connectivity index (χ1v) is 4.19. The Morgan fingerprint density at radius 1 is 1.50 bits per heavy atom. The van der Waals surface area contributed by atoms with E-state index in [0.29, 0.717) is 11.4 Å². The number of aromatic nitrogens is 3. The molecule has 0 fully saturated rings. The Balaban J connectivity index is 2.55. The van der Waals surface area contributed by atoms with Gasteiger partial charge in [-0.25, -0.2) is 0 Å². The zero-order chi connectivity index (χ0) is 8.39. The second kappa shape index (κ2) is 2.75. The molecule has 0 saturated heterocycles. The molecule has 0 radical (unpaired) electrons. The van der Waals surface area contributed by atoms with Crippen LogP contribution in [0.5, 0.6) is 0 Å². The Labute approximate surface area is 72.5 Å². The van der Waals surface area contributed by atoms with Crippen LogP contribution in [0.1, 0.15) is 5.69 Å². The van der Waals surface area contributed by atoms with Gasteiger partial charge in [0.1, 0.15) is 11.8 Å². The average molecular weight is 176 g/mol. The Bertz CT molecular complexity index is 409. The molecule has 0 aliphatic heterocycles. The van der Waals surface area contributed by atoms with Crippen molar-refractivity contribution in [3.05, 3.63) is 22.5 Å². The molecule has 58 valence electrons. The van der Waals surface area contributed by atoms with Crippen LogP contribution < -0.4 is 0 Å². The van der Waals surface area contributed by atoms with Crippen molar-refractivity contribution in [1.29, 1.82) is 5.26 Å². The topological polar surface area (TPSA) is 65.4 Å². The molecule has 0 bridgehead atoms. The first-order valence-electron chi connectivity index (χ1n) is 3.25. The summed E-state index contributed by atoms with van der Waals surface area (Å²) in [5.74, 6) is 0. The smallest absolute Gasteiger partial charge is 0.190 e. The van der Waals surface area contributed by atoms with E-state index in [2.05, 4.69) is 15.4 Å². The predicted molar refractivity (Wildman–Crippen MR) is 44.4 cm³/mol. The molecule has 0 spiro atoms. The maximum absolute atomic E-state index is 8.64. The molecule has 2 rings (SSSR count). The van der Waals surface area contributed by atoms with Crippen LogP contribution in [0, 0.1) is 11.3 Å². The molecule has 12 heavy (non-hydrogen) atoms. The first-order chi connectivity index (χ1) is 5.92. The quantitative estimate of drug-likeness (QED) is 0.714. The van der Waals surface area contributed by atoms with Crippen molar-refractivity contribution in [3.8, 4) is 17.3 Å². The molecule has 0 aliphatic carbocycles. The predicted octanol–water partition coefficient (Wildman–Crippen LogP) is 1.40. The molecule has 1 N–H and O–H groups in total. The van der Waals surface area contributed by atoms with Gasteiger partial charge in [0.05, 0.1) is 0 Å². The van der Waals surface area contributed by atoms with E-state index in [1.165, 1.54) is 0 Å². The van der Waals surface area contributed by atoms with Crippen LogP contribution in [0.15, 0.2) is 16.8 Å². The van der Waals surface area contributed by atoms with Gasteiger partial charge in [-0.15, -0.1) is 5.10 Å². The van der Waals surface area contributed by atoms with Crippen molar-refractivity contribution in [2.45, 2.75) is 0 Å². The Morgan fingerprint density at radius 3 is 3.08 bits per heavy atom. The van der Waals surface area contributed by atoms with Crippen LogP contribution in [-0.4, -0.2) is 15.4 Å². The second-order valence-electron chi connectivity index (χ2n) is 2.14. The number of hydrogen-bond donors (Lipinski definition) is 1. The summed E-state index contributed by atoms with van der Waals surface area (Å²) < 4.78 is 0. The van der Waals surface area contributed by atoms with E-state index in [0.717, 1.165) is 5.56 Å². The van der Waals surface area contributed by atoms with E-state index in [9.17, 15) is 0 Å². The van der Waals surface area contributed by atoms with Crippen molar-refractivity contribution < 1.29 is 0 Å². The number of H-pyrrole nitrogens is 1. The maximum atomic E-state index is 8.64. The Morgan fingerprint density at radius 2 is 2.42 bits per heavy atom. The minimum Gasteiger partial charge on any atom is -0.196 e. The van der Waals surface area contributed by atoms with Gasteiger partial charge in [-0.2, -0.15) is 26.9 Å². The summed E-state index contributed by atoms with van der Waals surface area (Å²) >= 11 is 1.57. The molecule has 2 aromatic heterocycles. The lowest BCUT2D eigenvalue weighted by atomic mass is 10.2. The highest BCUT2D eigenvalue weighted by Gasteiger charge is 2.08. The number of aromatic amines is 1. The minimum atomic E-state index is 0.341. The standard InChI is InChI=1S/C7H4N4S/c8-3-6-7(10-11-9-6)5-1-2-12-4-5/h1-2,4H,(H,9,10,11). The zero-order valence-corrected chi connectivity index (χ0v) is 6.80. The molecule has 0 atom stereocenters. The SMILES string of the molecule is N#Cc1n[nH]nc1-c1ccsc1. The third-order valence-electron chi connectivity index (χ3n) is 1.45. The second-order valence-corrected chi connectivity index (χ2v) is 2.92. The minimum absolute atomic E-state index is 0.341. The van der Waals surface area contributed by atoms with Gasteiger partial charge in [0.25, 0.3) is 0 Å². The fourth-order valence-electron chi connectivity index (χ4n) is 0.909. The fourth-order valence-corrected chi connectivity index (χ4v) is 1.55. The lowest BCUT2D eigenvalue weighted by Crippen LogP contribution is -1.78. The van der Waals surface area contributed by atoms with Crippen LogP contribution in [-0.2, 0) is 0 Å². The van der Waals surface area contributed by atoms with Crippen molar-refractivity contribution in [1.82, 2.24) is 15.4 Å².